The van der Waals surface area contributed by atoms with Gasteiger partial charge < -0.3 is 14.8 Å². The molecule has 1 heterocycles. The molecule has 0 spiro atoms. The number of hydrogen-bond acceptors (Lipinski definition) is 4. The zero-order chi connectivity index (χ0) is 15.2. The summed E-state index contributed by atoms with van der Waals surface area (Å²) in [5, 5.41) is 3.52. The van der Waals surface area contributed by atoms with E-state index in [2.05, 4.69) is 31.3 Å². The Morgan fingerprint density at radius 2 is 1.95 bits per heavy atom. The number of ether oxygens (including phenoxy) is 2. The van der Waals surface area contributed by atoms with Crippen LogP contribution in [0.25, 0.3) is 0 Å². The molecular formula is C17H23NO2S. The number of methoxy groups -OCH3 is 1. The van der Waals surface area contributed by atoms with Gasteiger partial charge in [-0.05, 0) is 44.5 Å². The predicted molar refractivity (Wildman–Crippen MR) is 89.9 cm³/mol. The Kier molecular flexibility index (Phi) is 5.51. The van der Waals surface area contributed by atoms with E-state index < -0.39 is 0 Å². The molecule has 0 aliphatic carbocycles. The van der Waals surface area contributed by atoms with Crippen LogP contribution in [0.15, 0.2) is 30.3 Å². The zero-order valence-electron chi connectivity index (χ0n) is 13.1. The third-order valence-corrected chi connectivity index (χ3v) is 4.72. The molecule has 21 heavy (non-hydrogen) atoms. The van der Waals surface area contributed by atoms with E-state index in [0.29, 0.717) is 6.61 Å². The lowest BCUT2D eigenvalue weighted by molar-refractivity contribution is 0.311. The summed E-state index contributed by atoms with van der Waals surface area (Å²) < 4.78 is 10.9. The van der Waals surface area contributed by atoms with Crippen molar-refractivity contribution in [1.82, 2.24) is 0 Å². The van der Waals surface area contributed by atoms with Gasteiger partial charge in [-0.15, -0.1) is 11.3 Å². The zero-order valence-corrected chi connectivity index (χ0v) is 13.9. The highest BCUT2D eigenvalue weighted by atomic mass is 32.1. The van der Waals surface area contributed by atoms with Crippen molar-refractivity contribution < 1.29 is 9.47 Å². The molecule has 1 N–H and O–H groups in total. The second-order valence-electron chi connectivity index (χ2n) is 4.82. The van der Waals surface area contributed by atoms with Gasteiger partial charge in [0.15, 0.2) is 11.5 Å². The molecule has 0 saturated heterocycles. The smallest absolute Gasteiger partial charge is 0.163 e. The highest BCUT2D eigenvalue weighted by molar-refractivity contribution is 7.12. The normalized spacial score (nSPS) is 12.0. The van der Waals surface area contributed by atoms with Gasteiger partial charge in [0.25, 0.3) is 0 Å². The molecule has 1 aromatic heterocycles. The summed E-state index contributed by atoms with van der Waals surface area (Å²) in [6.07, 6.45) is 1.09. The predicted octanol–water partition coefficient (Wildman–Crippen LogP) is 4.89. The summed E-state index contributed by atoms with van der Waals surface area (Å²) in [6, 6.07) is 10.6. The van der Waals surface area contributed by atoms with Crippen molar-refractivity contribution in [1.29, 1.82) is 0 Å². The number of hydrogen-bond donors (Lipinski definition) is 1. The molecule has 0 saturated carbocycles. The monoisotopic (exact) mass is 305 g/mol. The summed E-state index contributed by atoms with van der Waals surface area (Å²) in [4.78, 5) is 2.77. The molecule has 1 aromatic carbocycles. The topological polar surface area (TPSA) is 30.5 Å². The van der Waals surface area contributed by atoms with Crippen molar-refractivity contribution in [3.05, 3.63) is 40.1 Å². The van der Waals surface area contributed by atoms with Gasteiger partial charge in [-0.2, -0.15) is 0 Å². The maximum absolute atomic E-state index is 5.61. The number of nitrogens with one attached hydrogen (secondary N) is 1. The Morgan fingerprint density at radius 3 is 2.57 bits per heavy atom. The molecule has 1 atom stereocenters. The van der Waals surface area contributed by atoms with Gasteiger partial charge in [0, 0.05) is 21.5 Å². The minimum atomic E-state index is 0.276. The number of aryl methyl sites for hydroxylation is 1. The van der Waals surface area contributed by atoms with Crippen molar-refractivity contribution in [2.45, 2.75) is 33.2 Å². The first-order valence-corrected chi connectivity index (χ1v) is 8.15. The maximum Gasteiger partial charge on any atom is 0.163 e. The first-order chi connectivity index (χ1) is 10.2. The quantitative estimate of drug-likeness (QED) is 0.790. The lowest BCUT2D eigenvalue weighted by Crippen LogP contribution is -2.05. The van der Waals surface area contributed by atoms with Crippen molar-refractivity contribution in [3.63, 3.8) is 0 Å². The molecule has 1 unspecified atom stereocenters. The van der Waals surface area contributed by atoms with Crippen LogP contribution >= 0.6 is 11.3 Å². The minimum Gasteiger partial charge on any atom is -0.493 e. The van der Waals surface area contributed by atoms with Crippen molar-refractivity contribution >= 4 is 17.0 Å². The molecule has 0 aliphatic heterocycles. The van der Waals surface area contributed by atoms with Gasteiger partial charge in [-0.1, -0.05) is 6.92 Å². The highest BCUT2D eigenvalue weighted by Gasteiger charge is 2.10. The van der Waals surface area contributed by atoms with E-state index in [1.807, 2.05) is 36.5 Å². The largest absolute Gasteiger partial charge is 0.493 e. The molecule has 3 nitrogen and oxygen atoms in total. The van der Waals surface area contributed by atoms with E-state index in [4.69, 9.17) is 9.47 Å². The number of thiophene rings is 1. The molecule has 0 fully saturated rings. The van der Waals surface area contributed by atoms with Crippen LogP contribution in [-0.2, 0) is 6.42 Å². The van der Waals surface area contributed by atoms with E-state index in [-0.39, 0.29) is 6.04 Å². The van der Waals surface area contributed by atoms with Crippen LogP contribution in [0.5, 0.6) is 11.5 Å². The SMILES string of the molecule is CCOc1cc(NC(C)c2ccc(CC)s2)ccc1OC. The third-order valence-electron chi connectivity index (χ3n) is 3.30. The van der Waals surface area contributed by atoms with E-state index >= 15 is 0 Å². The van der Waals surface area contributed by atoms with Crippen LogP contribution in [-0.4, -0.2) is 13.7 Å². The van der Waals surface area contributed by atoms with Crippen LogP contribution in [0.2, 0.25) is 0 Å². The van der Waals surface area contributed by atoms with E-state index in [9.17, 15) is 0 Å². The average Bonchev–Trinajstić information content (AvgIpc) is 2.97. The Morgan fingerprint density at radius 1 is 1.14 bits per heavy atom. The molecule has 0 amide bonds. The Hall–Kier alpha value is -1.68. The average molecular weight is 305 g/mol. The van der Waals surface area contributed by atoms with Crippen molar-refractivity contribution in [2.24, 2.45) is 0 Å². The number of benzene rings is 1. The van der Waals surface area contributed by atoms with Crippen LogP contribution in [0, 0.1) is 0 Å². The second-order valence-corrected chi connectivity index (χ2v) is 6.02. The fraction of sp³-hybridized carbons (Fsp3) is 0.412. The molecule has 0 radical (unpaired) electrons. The molecular weight excluding hydrogens is 282 g/mol. The number of anilines is 1. The fourth-order valence-corrected chi connectivity index (χ4v) is 3.13. The van der Waals surface area contributed by atoms with Crippen LogP contribution in [0.3, 0.4) is 0 Å². The summed E-state index contributed by atoms with van der Waals surface area (Å²) >= 11 is 1.86. The van der Waals surface area contributed by atoms with Crippen molar-refractivity contribution in [2.75, 3.05) is 19.0 Å². The van der Waals surface area contributed by atoms with Crippen molar-refractivity contribution in [3.8, 4) is 11.5 Å². The van der Waals surface area contributed by atoms with Gasteiger partial charge in [0.1, 0.15) is 0 Å². The fourth-order valence-electron chi connectivity index (χ4n) is 2.17. The van der Waals surface area contributed by atoms with Gasteiger partial charge in [-0.25, -0.2) is 0 Å². The van der Waals surface area contributed by atoms with Crippen LogP contribution in [0.4, 0.5) is 5.69 Å². The highest BCUT2D eigenvalue weighted by Crippen LogP contribution is 2.32. The summed E-state index contributed by atoms with van der Waals surface area (Å²) in [5.41, 5.74) is 1.04. The van der Waals surface area contributed by atoms with Gasteiger partial charge in [0.05, 0.1) is 19.8 Å². The first kappa shape index (κ1) is 15.7. The molecule has 2 rings (SSSR count). The van der Waals surface area contributed by atoms with E-state index in [1.165, 1.54) is 9.75 Å². The summed E-state index contributed by atoms with van der Waals surface area (Å²) in [5.74, 6) is 1.54. The molecule has 2 aromatic rings. The second kappa shape index (κ2) is 7.36. The van der Waals surface area contributed by atoms with Gasteiger partial charge >= 0.3 is 0 Å². The third kappa shape index (κ3) is 3.91. The summed E-state index contributed by atoms with van der Waals surface area (Å²) in [7, 11) is 1.66. The first-order valence-electron chi connectivity index (χ1n) is 7.33. The standard InChI is InChI=1S/C17H23NO2S/c1-5-14-8-10-17(21-14)12(3)18-13-7-9-15(19-4)16(11-13)20-6-2/h7-12,18H,5-6H2,1-4H3. The maximum atomic E-state index is 5.61. The Bertz CT molecular complexity index is 580. The molecule has 114 valence electrons. The van der Waals surface area contributed by atoms with Crippen LogP contribution in [0.1, 0.15) is 36.6 Å². The Balaban J connectivity index is 2.12. The molecule has 0 bridgehead atoms. The molecule has 0 aliphatic rings. The van der Waals surface area contributed by atoms with Crippen LogP contribution < -0.4 is 14.8 Å². The number of rotatable bonds is 7. The lowest BCUT2D eigenvalue weighted by Gasteiger charge is -2.16. The molecule has 4 heteroatoms. The van der Waals surface area contributed by atoms with E-state index in [1.54, 1.807) is 7.11 Å². The van der Waals surface area contributed by atoms with E-state index in [0.717, 1.165) is 23.6 Å². The lowest BCUT2D eigenvalue weighted by atomic mass is 10.2. The van der Waals surface area contributed by atoms with Gasteiger partial charge in [-0.3, -0.25) is 0 Å². The summed E-state index contributed by atoms with van der Waals surface area (Å²) in [6.45, 7) is 6.96. The van der Waals surface area contributed by atoms with Gasteiger partial charge in [0.2, 0.25) is 0 Å². The minimum absolute atomic E-state index is 0.276. The Labute approximate surface area is 130 Å².